The van der Waals surface area contributed by atoms with Gasteiger partial charge in [-0.3, -0.25) is 0 Å². The second kappa shape index (κ2) is 8.77. The molecule has 0 spiro atoms. The van der Waals surface area contributed by atoms with Crippen molar-refractivity contribution in [3.8, 4) is 11.5 Å². The van der Waals surface area contributed by atoms with Crippen LogP contribution in [0.4, 0.5) is 5.69 Å². The molecule has 0 aromatic heterocycles. The summed E-state index contributed by atoms with van der Waals surface area (Å²) < 4.78 is 17.1. The van der Waals surface area contributed by atoms with E-state index in [2.05, 4.69) is 17.4 Å². The zero-order chi connectivity index (χ0) is 17.5. The number of ether oxygens (including phenoxy) is 3. The number of benzene rings is 2. The maximum Gasteiger partial charge on any atom is 0.120 e. The van der Waals surface area contributed by atoms with Gasteiger partial charge in [0.15, 0.2) is 0 Å². The highest BCUT2D eigenvalue weighted by Gasteiger charge is 2.15. The van der Waals surface area contributed by atoms with E-state index in [-0.39, 0.29) is 12.2 Å². The van der Waals surface area contributed by atoms with E-state index in [9.17, 15) is 0 Å². The van der Waals surface area contributed by atoms with E-state index in [0.717, 1.165) is 43.2 Å². The van der Waals surface area contributed by atoms with Crippen molar-refractivity contribution in [2.45, 2.75) is 45.4 Å². The van der Waals surface area contributed by atoms with Crippen molar-refractivity contribution in [2.24, 2.45) is 0 Å². The van der Waals surface area contributed by atoms with Gasteiger partial charge in [0.25, 0.3) is 0 Å². The molecule has 4 heteroatoms. The van der Waals surface area contributed by atoms with Crippen molar-refractivity contribution in [3.05, 3.63) is 54.1 Å². The number of anilines is 1. The Kier molecular flexibility index (Phi) is 6.18. The molecular weight excluding hydrogens is 314 g/mol. The summed E-state index contributed by atoms with van der Waals surface area (Å²) >= 11 is 0. The van der Waals surface area contributed by atoms with Crippen molar-refractivity contribution in [2.75, 3.05) is 18.5 Å². The van der Waals surface area contributed by atoms with E-state index < -0.39 is 0 Å². The summed E-state index contributed by atoms with van der Waals surface area (Å²) in [5.74, 6) is 1.79. The Hall–Kier alpha value is -2.20. The molecule has 1 heterocycles. The molecule has 1 unspecified atom stereocenters. The first-order valence-corrected chi connectivity index (χ1v) is 9.03. The predicted octanol–water partition coefficient (Wildman–Crippen LogP) is 4.64. The van der Waals surface area contributed by atoms with Gasteiger partial charge in [-0.2, -0.15) is 0 Å². The van der Waals surface area contributed by atoms with Crippen LogP contribution in [0.2, 0.25) is 0 Å². The lowest BCUT2D eigenvalue weighted by atomic mass is 10.2. The lowest BCUT2D eigenvalue weighted by Crippen LogP contribution is -2.16. The monoisotopic (exact) mass is 341 g/mol. The van der Waals surface area contributed by atoms with Crippen LogP contribution in [0.25, 0.3) is 0 Å². The molecule has 0 radical (unpaired) electrons. The molecule has 0 amide bonds. The van der Waals surface area contributed by atoms with Gasteiger partial charge in [0.05, 0.1) is 12.2 Å². The van der Waals surface area contributed by atoms with Crippen LogP contribution in [0.5, 0.6) is 11.5 Å². The molecule has 1 saturated heterocycles. The van der Waals surface area contributed by atoms with Gasteiger partial charge in [0, 0.05) is 18.8 Å². The third kappa shape index (κ3) is 5.68. The zero-order valence-electron chi connectivity index (χ0n) is 15.0. The third-order valence-corrected chi connectivity index (χ3v) is 4.08. The van der Waals surface area contributed by atoms with Crippen LogP contribution >= 0.6 is 0 Å². The molecule has 1 fully saturated rings. The maximum atomic E-state index is 5.79. The van der Waals surface area contributed by atoms with E-state index in [1.807, 2.05) is 50.2 Å². The van der Waals surface area contributed by atoms with Crippen LogP contribution in [0.15, 0.2) is 48.5 Å². The summed E-state index contributed by atoms with van der Waals surface area (Å²) in [6.07, 6.45) is 2.67. The average Bonchev–Trinajstić information content (AvgIpc) is 3.12. The summed E-state index contributed by atoms with van der Waals surface area (Å²) in [6.45, 7) is 6.32. The van der Waals surface area contributed by atoms with E-state index in [4.69, 9.17) is 14.2 Å². The van der Waals surface area contributed by atoms with Gasteiger partial charge >= 0.3 is 0 Å². The minimum absolute atomic E-state index is 0.186. The van der Waals surface area contributed by atoms with Gasteiger partial charge in [0.1, 0.15) is 18.1 Å². The minimum Gasteiger partial charge on any atom is -0.491 e. The smallest absolute Gasteiger partial charge is 0.120 e. The molecule has 2 aromatic carbocycles. The lowest BCUT2D eigenvalue weighted by molar-refractivity contribution is 0.0679. The number of nitrogens with one attached hydrogen (secondary N) is 1. The summed E-state index contributed by atoms with van der Waals surface area (Å²) in [5, 5.41) is 3.43. The van der Waals surface area contributed by atoms with Crippen LogP contribution in [0.3, 0.4) is 0 Å². The molecule has 1 aliphatic rings. The van der Waals surface area contributed by atoms with Crippen molar-refractivity contribution >= 4 is 5.69 Å². The Balaban J connectivity index is 1.48. The Labute approximate surface area is 150 Å². The highest BCUT2D eigenvalue weighted by atomic mass is 16.5. The van der Waals surface area contributed by atoms with E-state index in [1.54, 1.807) is 0 Å². The van der Waals surface area contributed by atoms with Gasteiger partial charge in [-0.05, 0) is 68.7 Å². The van der Waals surface area contributed by atoms with Crippen molar-refractivity contribution in [1.29, 1.82) is 0 Å². The quantitative estimate of drug-likeness (QED) is 0.759. The molecular formula is C21H27NO3. The molecule has 25 heavy (non-hydrogen) atoms. The van der Waals surface area contributed by atoms with Crippen molar-refractivity contribution < 1.29 is 14.2 Å². The summed E-state index contributed by atoms with van der Waals surface area (Å²) in [7, 11) is 0. The zero-order valence-corrected chi connectivity index (χ0v) is 15.0. The number of hydrogen-bond donors (Lipinski definition) is 1. The Morgan fingerprint density at radius 3 is 2.68 bits per heavy atom. The first-order valence-electron chi connectivity index (χ1n) is 9.03. The van der Waals surface area contributed by atoms with Gasteiger partial charge in [-0.25, -0.2) is 0 Å². The molecule has 4 nitrogen and oxygen atoms in total. The number of hydrogen-bond acceptors (Lipinski definition) is 4. The molecule has 0 saturated carbocycles. The summed E-state index contributed by atoms with van der Waals surface area (Å²) in [5.41, 5.74) is 2.26. The van der Waals surface area contributed by atoms with Gasteiger partial charge < -0.3 is 19.5 Å². The third-order valence-electron chi connectivity index (χ3n) is 4.08. The fourth-order valence-electron chi connectivity index (χ4n) is 2.84. The van der Waals surface area contributed by atoms with Crippen LogP contribution in [0, 0.1) is 0 Å². The second-order valence-electron chi connectivity index (χ2n) is 6.64. The fraction of sp³-hybridized carbons (Fsp3) is 0.429. The predicted molar refractivity (Wildman–Crippen MR) is 100 cm³/mol. The maximum absolute atomic E-state index is 5.79. The van der Waals surface area contributed by atoms with E-state index in [1.165, 1.54) is 5.56 Å². The van der Waals surface area contributed by atoms with E-state index in [0.29, 0.717) is 6.61 Å². The molecule has 1 atom stereocenters. The highest BCUT2D eigenvalue weighted by molar-refractivity contribution is 5.47. The first kappa shape index (κ1) is 17.6. The molecule has 0 aliphatic carbocycles. The average molecular weight is 341 g/mol. The first-order chi connectivity index (χ1) is 12.2. The highest BCUT2D eigenvalue weighted by Crippen LogP contribution is 2.20. The number of rotatable bonds is 8. The van der Waals surface area contributed by atoms with Crippen LogP contribution in [0.1, 0.15) is 32.3 Å². The van der Waals surface area contributed by atoms with Gasteiger partial charge in [-0.15, -0.1) is 0 Å². The fourth-order valence-corrected chi connectivity index (χ4v) is 2.84. The normalized spacial score (nSPS) is 16.8. The standard InChI is InChI=1S/C21H27NO3/c1-16(2)25-20-6-3-5-17(13-20)14-22-18-8-10-19(11-9-18)24-15-21-7-4-12-23-21/h3,5-6,8-11,13,16,21-22H,4,7,12,14-15H2,1-2H3. The van der Waals surface area contributed by atoms with Crippen molar-refractivity contribution in [1.82, 2.24) is 0 Å². The molecule has 0 bridgehead atoms. The molecule has 3 rings (SSSR count). The minimum atomic E-state index is 0.186. The molecule has 134 valence electrons. The largest absolute Gasteiger partial charge is 0.491 e. The van der Waals surface area contributed by atoms with Crippen molar-refractivity contribution in [3.63, 3.8) is 0 Å². The Bertz CT molecular complexity index is 648. The van der Waals surface area contributed by atoms with Crippen LogP contribution < -0.4 is 14.8 Å². The van der Waals surface area contributed by atoms with E-state index >= 15 is 0 Å². The molecule has 1 aliphatic heterocycles. The van der Waals surface area contributed by atoms with Gasteiger partial charge in [0.2, 0.25) is 0 Å². The summed E-state index contributed by atoms with van der Waals surface area (Å²) in [6, 6.07) is 16.3. The van der Waals surface area contributed by atoms with Gasteiger partial charge in [-0.1, -0.05) is 12.1 Å². The van der Waals surface area contributed by atoms with Crippen LogP contribution in [-0.4, -0.2) is 25.4 Å². The molecule has 2 aromatic rings. The topological polar surface area (TPSA) is 39.7 Å². The van der Waals surface area contributed by atoms with Crippen LogP contribution in [-0.2, 0) is 11.3 Å². The lowest BCUT2D eigenvalue weighted by Gasteiger charge is -2.13. The second-order valence-corrected chi connectivity index (χ2v) is 6.64. The SMILES string of the molecule is CC(C)Oc1cccc(CNc2ccc(OCC3CCCO3)cc2)c1. The Morgan fingerprint density at radius 2 is 1.96 bits per heavy atom. The summed E-state index contributed by atoms with van der Waals surface area (Å²) in [4.78, 5) is 0. The molecule has 1 N–H and O–H groups in total. The Morgan fingerprint density at radius 1 is 1.12 bits per heavy atom.